The minimum absolute atomic E-state index is 0.0795. The van der Waals surface area contributed by atoms with Crippen molar-refractivity contribution in [2.75, 3.05) is 31.1 Å². The Morgan fingerprint density at radius 2 is 1.81 bits per heavy atom. The number of rotatable bonds is 4. The molecule has 2 aromatic carbocycles. The number of nitrogens with one attached hydrogen (secondary N) is 1. The average Bonchev–Trinajstić information content (AvgIpc) is 3.24. The highest BCUT2D eigenvalue weighted by Gasteiger charge is 2.23. The van der Waals surface area contributed by atoms with E-state index >= 15 is 0 Å². The molecule has 1 N–H and O–H groups in total. The zero-order valence-electron chi connectivity index (χ0n) is 17.7. The Balaban J connectivity index is 1.39. The first-order valence-corrected chi connectivity index (χ1v) is 10.7. The van der Waals surface area contributed by atoms with Crippen LogP contribution in [0, 0.1) is 5.82 Å². The summed E-state index contributed by atoms with van der Waals surface area (Å²) in [7, 11) is 0. The van der Waals surface area contributed by atoms with Crippen molar-refractivity contribution >= 4 is 28.3 Å². The van der Waals surface area contributed by atoms with Gasteiger partial charge >= 0.3 is 0 Å². The zero-order valence-corrected chi connectivity index (χ0v) is 17.7. The number of aromatic nitrogens is 4. The lowest BCUT2D eigenvalue weighted by Gasteiger charge is -2.36. The summed E-state index contributed by atoms with van der Waals surface area (Å²) in [5, 5.41) is 8.18. The lowest BCUT2D eigenvalue weighted by atomic mass is 10.1. The molecule has 0 atom stereocenters. The smallest absolute Gasteiger partial charge is 0.294 e. The van der Waals surface area contributed by atoms with Gasteiger partial charge in [-0.2, -0.15) is 0 Å². The topological polar surface area (TPSA) is 86.6 Å². The van der Waals surface area contributed by atoms with Crippen molar-refractivity contribution in [1.29, 1.82) is 0 Å². The number of amides is 1. The molecule has 0 spiro atoms. The summed E-state index contributed by atoms with van der Waals surface area (Å²) in [5.74, 6) is 0.390. The fourth-order valence-electron chi connectivity index (χ4n) is 4.25. The van der Waals surface area contributed by atoms with E-state index in [4.69, 9.17) is 0 Å². The number of benzene rings is 2. The molecule has 4 aromatic rings. The van der Waals surface area contributed by atoms with E-state index in [0.29, 0.717) is 43.7 Å². The molecule has 8 nitrogen and oxygen atoms in total. The highest BCUT2D eigenvalue weighted by Crippen LogP contribution is 2.20. The standard InChI is InChI=1S/C23H23FN6O2/c1-2-3-20-26-27-21-22(31)25-18-14-15(4-9-19(18)30(20)21)23(32)29-12-10-28(11-13-29)17-7-5-16(24)6-8-17/h4-9,14H,2-3,10-13H2,1H3,(H,25,31). The predicted octanol–water partition coefficient (Wildman–Crippen LogP) is 2.62. The molecule has 0 unspecified atom stereocenters. The summed E-state index contributed by atoms with van der Waals surface area (Å²) in [6, 6.07) is 11.7. The average molecular weight is 434 g/mol. The number of H-pyrrole nitrogens is 1. The van der Waals surface area contributed by atoms with Gasteiger partial charge in [0.05, 0.1) is 11.0 Å². The van der Waals surface area contributed by atoms with E-state index in [-0.39, 0.29) is 22.9 Å². The van der Waals surface area contributed by atoms with Gasteiger partial charge in [-0.15, -0.1) is 10.2 Å². The molecule has 2 aromatic heterocycles. The first-order chi connectivity index (χ1) is 15.5. The van der Waals surface area contributed by atoms with Gasteiger partial charge in [-0.25, -0.2) is 4.39 Å². The summed E-state index contributed by atoms with van der Waals surface area (Å²) < 4.78 is 14.9. The van der Waals surface area contributed by atoms with Crippen LogP contribution in [-0.4, -0.2) is 56.6 Å². The van der Waals surface area contributed by atoms with Crippen LogP contribution < -0.4 is 10.5 Å². The molecule has 0 aliphatic carbocycles. The van der Waals surface area contributed by atoms with Crippen LogP contribution in [0.4, 0.5) is 10.1 Å². The molecular weight excluding hydrogens is 411 g/mol. The van der Waals surface area contributed by atoms with E-state index in [9.17, 15) is 14.0 Å². The molecule has 3 heterocycles. The molecule has 1 aliphatic heterocycles. The van der Waals surface area contributed by atoms with Crippen LogP contribution in [-0.2, 0) is 6.42 Å². The van der Waals surface area contributed by atoms with Crippen molar-refractivity contribution in [3.05, 3.63) is 70.0 Å². The van der Waals surface area contributed by atoms with Crippen molar-refractivity contribution in [2.45, 2.75) is 19.8 Å². The summed E-state index contributed by atoms with van der Waals surface area (Å²) in [4.78, 5) is 32.4. The molecule has 32 heavy (non-hydrogen) atoms. The number of fused-ring (bicyclic) bond motifs is 3. The second-order valence-corrected chi connectivity index (χ2v) is 7.97. The van der Waals surface area contributed by atoms with Gasteiger partial charge in [0.25, 0.3) is 11.5 Å². The SMILES string of the molecule is CCCc1nnc2c(=O)[nH]c3cc(C(=O)N4CCN(c5ccc(F)cc5)CC4)ccc3n12. The number of carbonyl (C=O) groups is 1. The Bertz CT molecular complexity index is 1350. The lowest BCUT2D eigenvalue weighted by molar-refractivity contribution is 0.0747. The van der Waals surface area contributed by atoms with Crippen molar-refractivity contribution in [1.82, 2.24) is 24.5 Å². The number of hydrogen-bond donors (Lipinski definition) is 1. The summed E-state index contributed by atoms with van der Waals surface area (Å²) in [5.41, 5.74) is 2.75. The van der Waals surface area contributed by atoms with Gasteiger partial charge in [-0.05, 0) is 48.9 Å². The highest BCUT2D eigenvalue weighted by atomic mass is 19.1. The number of hydrogen-bond acceptors (Lipinski definition) is 5. The van der Waals surface area contributed by atoms with E-state index in [1.54, 1.807) is 33.6 Å². The maximum Gasteiger partial charge on any atom is 0.294 e. The van der Waals surface area contributed by atoms with Crippen LogP contribution in [0.25, 0.3) is 16.7 Å². The lowest BCUT2D eigenvalue weighted by Crippen LogP contribution is -2.48. The zero-order chi connectivity index (χ0) is 22.2. The summed E-state index contributed by atoms with van der Waals surface area (Å²) in [6.07, 6.45) is 1.59. The van der Waals surface area contributed by atoms with Gasteiger partial charge in [0.15, 0.2) is 0 Å². The minimum atomic E-state index is -0.329. The molecule has 0 bridgehead atoms. The fourth-order valence-corrected chi connectivity index (χ4v) is 4.25. The highest BCUT2D eigenvalue weighted by molar-refractivity contribution is 5.97. The second-order valence-electron chi connectivity index (χ2n) is 7.97. The van der Waals surface area contributed by atoms with Crippen LogP contribution in [0.5, 0.6) is 0 Å². The molecule has 1 amide bonds. The molecule has 0 radical (unpaired) electrons. The van der Waals surface area contributed by atoms with Gasteiger partial charge in [0.1, 0.15) is 11.6 Å². The van der Waals surface area contributed by atoms with Gasteiger partial charge in [-0.3, -0.25) is 14.0 Å². The van der Waals surface area contributed by atoms with E-state index in [1.165, 1.54) is 12.1 Å². The molecule has 1 fully saturated rings. The third-order valence-corrected chi connectivity index (χ3v) is 5.90. The first kappa shape index (κ1) is 20.2. The third-order valence-electron chi connectivity index (χ3n) is 5.90. The van der Waals surface area contributed by atoms with Gasteiger partial charge in [0, 0.05) is 43.9 Å². The Morgan fingerprint density at radius 3 is 2.53 bits per heavy atom. The summed E-state index contributed by atoms with van der Waals surface area (Å²) >= 11 is 0. The predicted molar refractivity (Wildman–Crippen MR) is 120 cm³/mol. The number of nitrogens with zero attached hydrogens (tertiary/aromatic N) is 5. The first-order valence-electron chi connectivity index (χ1n) is 10.7. The molecule has 5 rings (SSSR count). The number of anilines is 1. The van der Waals surface area contributed by atoms with Crippen molar-refractivity contribution < 1.29 is 9.18 Å². The van der Waals surface area contributed by atoms with Crippen LogP contribution in [0.15, 0.2) is 47.3 Å². The number of aryl methyl sites for hydroxylation is 1. The van der Waals surface area contributed by atoms with Crippen LogP contribution in [0.3, 0.4) is 0 Å². The molecule has 1 saturated heterocycles. The van der Waals surface area contributed by atoms with Gasteiger partial charge in [0.2, 0.25) is 5.65 Å². The largest absolute Gasteiger partial charge is 0.368 e. The molecular formula is C23H23FN6O2. The van der Waals surface area contributed by atoms with Crippen LogP contribution in [0.1, 0.15) is 29.5 Å². The van der Waals surface area contributed by atoms with Crippen LogP contribution >= 0.6 is 0 Å². The third kappa shape index (κ3) is 3.49. The normalized spacial score (nSPS) is 14.4. The Kier molecular flexibility index (Phi) is 5.08. The van der Waals surface area contributed by atoms with Crippen molar-refractivity contribution in [3.8, 4) is 0 Å². The second kappa shape index (κ2) is 8.07. The van der Waals surface area contributed by atoms with Gasteiger partial charge < -0.3 is 14.8 Å². The quantitative estimate of drug-likeness (QED) is 0.534. The maximum atomic E-state index is 13.2. The molecule has 164 valence electrons. The number of piperazine rings is 1. The number of carbonyl (C=O) groups excluding carboxylic acids is 1. The van der Waals surface area contributed by atoms with E-state index in [1.807, 2.05) is 13.0 Å². The maximum absolute atomic E-state index is 13.2. The number of aromatic amines is 1. The molecule has 9 heteroatoms. The molecule has 0 saturated carbocycles. The van der Waals surface area contributed by atoms with E-state index in [2.05, 4.69) is 20.1 Å². The fraction of sp³-hybridized carbons (Fsp3) is 0.304. The Morgan fingerprint density at radius 1 is 1.06 bits per heavy atom. The number of halogens is 1. The Labute approximate surface area is 183 Å². The Hall–Kier alpha value is -3.75. The minimum Gasteiger partial charge on any atom is -0.368 e. The molecule has 1 aliphatic rings. The van der Waals surface area contributed by atoms with Crippen molar-refractivity contribution in [2.24, 2.45) is 0 Å². The summed E-state index contributed by atoms with van der Waals surface area (Å²) in [6.45, 7) is 4.52. The van der Waals surface area contributed by atoms with Crippen LogP contribution in [0.2, 0.25) is 0 Å². The van der Waals surface area contributed by atoms with E-state index in [0.717, 1.165) is 23.4 Å². The monoisotopic (exact) mass is 434 g/mol. The van der Waals surface area contributed by atoms with Crippen molar-refractivity contribution in [3.63, 3.8) is 0 Å². The van der Waals surface area contributed by atoms with Gasteiger partial charge in [-0.1, -0.05) is 6.92 Å². The van der Waals surface area contributed by atoms with E-state index < -0.39 is 0 Å².